The van der Waals surface area contributed by atoms with Crippen LogP contribution in [0.5, 0.6) is 0 Å². The van der Waals surface area contributed by atoms with Crippen LogP contribution in [0.3, 0.4) is 0 Å². The van der Waals surface area contributed by atoms with E-state index in [0.717, 1.165) is 88.9 Å². The van der Waals surface area contributed by atoms with Gasteiger partial charge in [-0.3, -0.25) is 28.4 Å². The second kappa shape index (κ2) is 31.4. The van der Waals surface area contributed by atoms with E-state index < -0.39 is 0 Å². The van der Waals surface area contributed by atoms with Crippen molar-refractivity contribution in [3.05, 3.63) is 47.2 Å². The number of nitrogens with zero attached hydrogens (tertiary/aromatic N) is 5. The molecule has 4 N–H and O–H groups in total. The van der Waals surface area contributed by atoms with E-state index >= 15 is 0 Å². The zero-order valence-electron chi connectivity index (χ0n) is 37.8. The summed E-state index contributed by atoms with van der Waals surface area (Å²) in [6.07, 6.45) is 15.6. The maximum Gasteiger partial charge on any atom is 0.256 e. The number of aromatic nitrogens is 2. The smallest absolute Gasteiger partial charge is 0.256 e. The van der Waals surface area contributed by atoms with Crippen LogP contribution < -0.4 is 26.2 Å². The highest BCUT2D eigenvalue weighted by molar-refractivity contribution is 7.97. The van der Waals surface area contributed by atoms with Gasteiger partial charge in [0, 0.05) is 93.6 Å². The Labute approximate surface area is 378 Å². The van der Waals surface area contributed by atoms with Gasteiger partial charge in [0.15, 0.2) is 6.29 Å². The average molecular weight is 898 g/mol. The molecule has 18 heteroatoms. The van der Waals surface area contributed by atoms with E-state index in [4.69, 9.17) is 24.0 Å². The first-order valence-electron chi connectivity index (χ1n) is 22.2. The standard InChI is InChI=1S/C44H69N9O7S.CH2O/c1-5-10-35-31-48-44(50-42(35)53(33-55)38-12-6-7-13-38)49-37-17-22-52(23-18-37)61-30-9-19-46-20-24-58-26-28-60-29-27-59-25-21-47-39-14-8-11-36(32-54)41(39)43(57)51(4)34(2)15-16-40(56)45-3;1-2/h5,8,10-11,14,31-34,37-38,46-47H,6-7,9,12-13,15-30H2,1-4H3,(H,45,56)(H,48,49,50);1H2/b10-5-;. The molecule has 2 aliphatic rings. The molecule has 350 valence electrons. The van der Waals surface area contributed by atoms with E-state index in [0.29, 0.717) is 99.9 Å². The minimum Gasteiger partial charge on any atom is -0.382 e. The van der Waals surface area contributed by atoms with Gasteiger partial charge in [-0.1, -0.05) is 49.1 Å². The molecule has 1 saturated heterocycles. The predicted octanol–water partition coefficient (Wildman–Crippen LogP) is 4.70. The molecule has 0 spiro atoms. The number of hydrogen-bond donors (Lipinski definition) is 4. The van der Waals surface area contributed by atoms with Crippen LogP contribution in [0.4, 0.5) is 17.5 Å². The molecular formula is C45H71N9O8S. The maximum absolute atomic E-state index is 13.4. The molecule has 1 aromatic heterocycles. The van der Waals surface area contributed by atoms with Gasteiger partial charge >= 0.3 is 0 Å². The fourth-order valence-corrected chi connectivity index (χ4v) is 8.31. The minimum absolute atomic E-state index is 0.0836. The third-order valence-electron chi connectivity index (χ3n) is 11.0. The van der Waals surface area contributed by atoms with Crippen LogP contribution in [0, 0.1) is 0 Å². The Morgan fingerprint density at radius 1 is 0.968 bits per heavy atom. The quantitative estimate of drug-likeness (QED) is 0.0479. The van der Waals surface area contributed by atoms with Crippen molar-refractivity contribution in [2.75, 3.05) is 108 Å². The predicted molar refractivity (Wildman–Crippen MR) is 250 cm³/mol. The summed E-state index contributed by atoms with van der Waals surface area (Å²) in [5.41, 5.74) is 2.04. The Morgan fingerprint density at radius 3 is 2.30 bits per heavy atom. The fourth-order valence-electron chi connectivity index (χ4n) is 7.31. The number of nitrogens with one attached hydrogen (secondary N) is 4. The van der Waals surface area contributed by atoms with Crippen molar-refractivity contribution in [2.24, 2.45) is 0 Å². The summed E-state index contributed by atoms with van der Waals surface area (Å²) < 4.78 is 19.5. The van der Waals surface area contributed by atoms with Gasteiger partial charge in [-0.05, 0) is 65.0 Å². The van der Waals surface area contributed by atoms with Gasteiger partial charge in [-0.15, -0.1) is 0 Å². The van der Waals surface area contributed by atoms with Gasteiger partial charge in [0.05, 0.1) is 45.2 Å². The van der Waals surface area contributed by atoms with Gasteiger partial charge in [-0.25, -0.2) is 4.98 Å². The Hall–Kier alpha value is -4.46. The van der Waals surface area contributed by atoms with Crippen LogP contribution in [0.2, 0.25) is 0 Å². The monoisotopic (exact) mass is 898 g/mol. The van der Waals surface area contributed by atoms with Gasteiger partial charge in [-0.2, -0.15) is 4.98 Å². The van der Waals surface area contributed by atoms with Crippen LogP contribution >= 0.6 is 11.9 Å². The van der Waals surface area contributed by atoms with Crippen LogP contribution in [-0.4, -0.2) is 161 Å². The summed E-state index contributed by atoms with van der Waals surface area (Å²) in [4.78, 5) is 69.7. The van der Waals surface area contributed by atoms with E-state index in [1.807, 2.05) is 50.9 Å². The number of benzene rings is 1. The number of aldehydes is 1. The molecule has 0 bridgehead atoms. The highest BCUT2D eigenvalue weighted by Gasteiger charge is 2.27. The van der Waals surface area contributed by atoms with E-state index in [-0.39, 0.29) is 23.9 Å². The first-order valence-corrected chi connectivity index (χ1v) is 23.1. The zero-order valence-corrected chi connectivity index (χ0v) is 38.6. The lowest BCUT2D eigenvalue weighted by atomic mass is 10.0. The topological polar surface area (TPSA) is 197 Å². The SMILES string of the molecule is C/C=C\c1cnc(NC2CCN(SCCCNCCOCCOCCOCCNc3cccc(C=O)c3C(=O)N(C)C(C)CCC(=O)NC)CC2)nc1N(C=O)C1CCCC1.C=O. The number of amides is 3. The zero-order chi connectivity index (χ0) is 45.7. The summed E-state index contributed by atoms with van der Waals surface area (Å²) in [5, 5.41) is 12.8. The molecule has 0 radical (unpaired) electrons. The number of hydrogen-bond acceptors (Lipinski definition) is 15. The van der Waals surface area contributed by atoms with Crippen molar-refractivity contribution < 1.29 is 38.2 Å². The molecule has 2 aromatic rings. The lowest BCUT2D eigenvalue weighted by Gasteiger charge is -2.31. The first kappa shape index (κ1) is 52.9. The van der Waals surface area contributed by atoms with Crippen LogP contribution in [0.15, 0.2) is 30.5 Å². The Bertz CT molecular complexity index is 1680. The molecule has 1 aliphatic heterocycles. The summed E-state index contributed by atoms with van der Waals surface area (Å²) in [6, 6.07) is 5.44. The van der Waals surface area contributed by atoms with E-state index in [2.05, 4.69) is 30.6 Å². The van der Waals surface area contributed by atoms with Crippen molar-refractivity contribution in [3.63, 3.8) is 0 Å². The van der Waals surface area contributed by atoms with Crippen molar-refractivity contribution in [1.29, 1.82) is 0 Å². The lowest BCUT2D eigenvalue weighted by molar-refractivity contribution is -0.121. The van der Waals surface area contributed by atoms with E-state index in [1.54, 1.807) is 42.1 Å². The van der Waals surface area contributed by atoms with Gasteiger partial charge < -0.3 is 45.2 Å². The molecule has 63 heavy (non-hydrogen) atoms. The molecule has 1 aliphatic carbocycles. The van der Waals surface area contributed by atoms with Crippen LogP contribution in [0.25, 0.3) is 6.08 Å². The summed E-state index contributed by atoms with van der Waals surface area (Å²) in [5.74, 6) is 1.98. The molecule has 3 amide bonds. The maximum atomic E-state index is 13.4. The van der Waals surface area contributed by atoms with E-state index in [9.17, 15) is 19.2 Å². The number of allylic oxidation sites excluding steroid dienone is 1. The van der Waals surface area contributed by atoms with Crippen LogP contribution in [0.1, 0.15) is 97.9 Å². The second-order valence-electron chi connectivity index (χ2n) is 15.3. The molecule has 2 heterocycles. The van der Waals surface area contributed by atoms with Gasteiger partial charge in [0.25, 0.3) is 5.91 Å². The molecular weight excluding hydrogens is 827 g/mol. The van der Waals surface area contributed by atoms with Crippen molar-refractivity contribution in [2.45, 2.75) is 89.8 Å². The lowest BCUT2D eigenvalue weighted by Crippen LogP contribution is -2.37. The minimum atomic E-state index is -0.285. The van der Waals surface area contributed by atoms with E-state index in [1.165, 1.54) is 0 Å². The highest BCUT2D eigenvalue weighted by atomic mass is 32.2. The third-order valence-corrected chi connectivity index (χ3v) is 12.2. The molecule has 1 saturated carbocycles. The average Bonchev–Trinajstić information content (AvgIpc) is 3.85. The number of carbonyl (C=O) groups excluding carboxylic acids is 5. The second-order valence-corrected chi connectivity index (χ2v) is 16.5. The number of piperidine rings is 1. The Kier molecular flexibility index (Phi) is 26.4. The molecule has 1 atom stereocenters. The molecule has 2 fully saturated rings. The van der Waals surface area contributed by atoms with Gasteiger partial charge in [0.2, 0.25) is 18.3 Å². The van der Waals surface area contributed by atoms with Gasteiger partial charge in [0.1, 0.15) is 12.6 Å². The largest absolute Gasteiger partial charge is 0.382 e. The summed E-state index contributed by atoms with van der Waals surface area (Å²) in [6.45, 7) is 12.9. The van der Waals surface area contributed by atoms with Crippen molar-refractivity contribution in [3.8, 4) is 0 Å². The highest BCUT2D eigenvalue weighted by Crippen LogP contribution is 2.30. The number of anilines is 3. The molecule has 4 rings (SSSR count). The number of carbonyl (C=O) groups is 5. The van der Waals surface area contributed by atoms with Crippen molar-refractivity contribution >= 4 is 66.8 Å². The Balaban J connectivity index is 0.00000520. The third kappa shape index (κ3) is 18.7. The number of ether oxygens (including phenoxy) is 3. The molecule has 1 aromatic carbocycles. The first-order chi connectivity index (χ1) is 30.8. The molecule has 17 nitrogen and oxygen atoms in total. The fraction of sp³-hybridized carbons (Fsp3) is 0.622. The normalized spacial score (nSPS) is 15.0. The summed E-state index contributed by atoms with van der Waals surface area (Å²) >= 11 is 1.91. The molecule has 1 unspecified atom stereocenters. The summed E-state index contributed by atoms with van der Waals surface area (Å²) in [7, 11) is 3.27. The van der Waals surface area contributed by atoms with Crippen LogP contribution in [-0.2, 0) is 28.6 Å². The van der Waals surface area contributed by atoms with Crippen molar-refractivity contribution in [1.82, 2.24) is 29.8 Å². The Morgan fingerprint density at radius 2 is 1.65 bits per heavy atom. The number of rotatable bonds is 30.